The highest BCUT2D eigenvalue weighted by molar-refractivity contribution is 7.91. The summed E-state index contributed by atoms with van der Waals surface area (Å²) in [4.78, 5) is 3.95. The highest BCUT2D eigenvalue weighted by Crippen LogP contribution is 2.23. The highest BCUT2D eigenvalue weighted by atomic mass is 32.2. The SMILES string of the molecule is Cc1ncc(S(=O)(=O)N(CCC#N)C(C)C)s1. The van der Waals surface area contributed by atoms with Crippen molar-refractivity contribution in [3.8, 4) is 6.07 Å². The fraction of sp³-hybridized carbons (Fsp3) is 0.600. The third-order valence-electron chi connectivity index (χ3n) is 2.18. The largest absolute Gasteiger partial charge is 0.254 e. The van der Waals surface area contributed by atoms with Gasteiger partial charge >= 0.3 is 0 Å². The maximum atomic E-state index is 12.3. The summed E-state index contributed by atoms with van der Waals surface area (Å²) in [6.07, 6.45) is 1.56. The Balaban J connectivity index is 3.05. The van der Waals surface area contributed by atoms with Gasteiger partial charge in [0.25, 0.3) is 10.0 Å². The number of hydrogen-bond acceptors (Lipinski definition) is 5. The Morgan fingerprint density at radius 3 is 2.65 bits per heavy atom. The van der Waals surface area contributed by atoms with E-state index in [-0.39, 0.29) is 23.2 Å². The Labute approximate surface area is 106 Å². The fourth-order valence-electron chi connectivity index (χ4n) is 1.39. The number of hydrogen-bond donors (Lipinski definition) is 0. The number of rotatable bonds is 5. The molecule has 17 heavy (non-hydrogen) atoms. The monoisotopic (exact) mass is 273 g/mol. The highest BCUT2D eigenvalue weighted by Gasteiger charge is 2.28. The first kappa shape index (κ1) is 14.1. The van der Waals surface area contributed by atoms with Gasteiger partial charge in [0, 0.05) is 19.0 Å². The standard InChI is InChI=1S/C10H15N3O2S2/c1-8(2)13(6-4-5-11)17(14,15)10-7-12-9(3)16-10/h7-8H,4,6H2,1-3H3. The molecular weight excluding hydrogens is 258 g/mol. The smallest absolute Gasteiger partial charge is 0.249 e. The van der Waals surface area contributed by atoms with Crippen LogP contribution in [0.1, 0.15) is 25.3 Å². The van der Waals surface area contributed by atoms with Crippen LogP contribution in [0.3, 0.4) is 0 Å². The third-order valence-corrected chi connectivity index (χ3v) is 5.61. The Hall–Kier alpha value is -0.970. The lowest BCUT2D eigenvalue weighted by molar-refractivity contribution is 0.361. The molecule has 0 spiro atoms. The predicted octanol–water partition coefficient (Wildman–Crippen LogP) is 1.76. The average Bonchev–Trinajstić information content (AvgIpc) is 2.65. The third kappa shape index (κ3) is 3.25. The molecule has 1 aromatic heterocycles. The molecule has 0 aliphatic carbocycles. The molecule has 0 fully saturated rings. The predicted molar refractivity (Wildman–Crippen MR) is 66.1 cm³/mol. The van der Waals surface area contributed by atoms with E-state index < -0.39 is 10.0 Å². The van der Waals surface area contributed by atoms with Crippen LogP contribution in [-0.2, 0) is 10.0 Å². The van der Waals surface area contributed by atoms with Gasteiger partial charge in [0.05, 0.1) is 17.3 Å². The summed E-state index contributed by atoms with van der Waals surface area (Å²) in [5.41, 5.74) is 0. The molecule has 1 aromatic rings. The lowest BCUT2D eigenvalue weighted by Gasteiger charge is -2.23. The van der Waals surface area contributed by atoms with Crippen molar-refractivity contribution in [2.24, 2.45) is 0 Å². The maximum absolute atomic E-state index is 12.3. The summed E-state index contributed by atoms with van der Waals surface area (Å²) in [6, 6.07) is 1.79. The van der Waals surface area contributed by atoms with Gasteiger partial charge in [-0.25, -0.2) is 13.4 Å². The van der Waals surface area contributed by atoms with Gasteiger partial charge in [-0.15, -0.1) is 11.3 Å². The molecule has 7 heteroatoms. The number of thiazole rings is 1. The lowest BCUT2D eigenvalue weighted by Crippen LogP contribution is -2.37. The van der Waals surface area contributed by atoms with Gasteiger partial charge in [0.15, 0.2) is 4.21 Å². The first-order valence-electron chi connectivity index (χ1n) is 5.21. The zero-order valence-corrected chi connectivity index (χ0v) is 11.7. The van der Waals surface area contributed by atoms with Gasteiger partial charge in [0.2, 0.25) is 0 Å². The molecule has 0 saturated carbocycles. The van der Waals surface area contributed by atoms with Crippen molar-refractivity contribution in [2.75, 3.05) is 6.54 Å². The van der Waals surface area contributed by atoms with Crippen LogP contribution in [0.5, 0.6) is 0 Å². The molecule has 5 nitrogen and oxygen atoms in total. The number of aromatic nitrogens is 1. The van der Waals surface area contributed by atoms with Gasteiger partial charge < -0.3 is 0 Å². The zero-order chi connectivity index (χ0) is 13.1. The molecule has 0 unspecified atom stereocenters. The van der Waals surface area contributed by atoms with Crippen LogP contribution >= 0.6 is 11.3 Å². The van der Waals surface area contributed by atoms with Crippen LogP contribution in [0, 0.1) is 18.3 Å². The van der Waals surface area contributed by atoms with E-state index in [4.69, 9.17) is 5.26 Å². The van der Waals surface area contributed by atoms with Gasteiger partial charge in [-0.2, -0.15) is 9.57 Å². The molecule has 0 N–H and O–H groups in total. The van der Waals surface area contributed by atoms with E-state index in [9.17, 15) is 8.42 Å². The summed E-state index contributed by atoms with van der Waals surface area (Å²) in [5.74, 6) is 0. The van der Waals surface area contributed by atoms with E-state index in [0.717, 1.165) is 11.3 Å². The van der Waals surface area contributed by atoms with Crippen LogP contribution in [0.4, 0.5) is 0 Å². The normalized spacial score (nSPS) is 12.0. The van der Waals surface area contributed by atoms with Crippen molar-refractivity contribution in [3.05, 3.63) is 11.2 Å². The van der Waals surface area contributed by atoms with Crippen molar-refractivity contribution in [1.29, 1.82) is 5.26 Å². The van der Waals surface area contributed by atoms with E-state index in [1.807, 2.05) is 6.07 Å². The van der Waals surface area contributed by atoms with Crippen LogP contribution < -0.4 is 0 Å². The van der Waals surface area contributed by atoms with Crippen molar-refractivity contribution >= 4 is 21.4 Å². The second-order valence-electron chi connectivity index (χ2n) is 3.82. The topological polar surface area (TPSA) is 74.1 Å². The molecule has 0 amide bonds. The average molecular weight is 273 g/mol. The molecule has 0 radical (unpaired) electrons. The number of nitrogens with zero attached hydrogens (tertiary/aromatic N) is 3. The maximum Gasteiger partial charge on any atom is 0.254 e. The molecule has 0 aliphatic heterocycles. The summed E-state index contributed by atoms with van der Waals surface area (Å²) in [5, 5.41) is 9.27. The van der Waals surface area contributed by atoms with Crippen LogP contribution in [0.15, 0.2) is 10.4 Å². The molecule has 0 bridgehead atoms. The van der Waals surface area contributed by atoms with Crippen molar-refractivity contribution in [3.63, 3.8) is 0 Å². The second kappa shape index (κ2) is 5.58. The minimum absolute atomic E-state index is 0.171. The van der Waals surface area contributed by atoms with Gasteiger partial charge in [-0.1, -0.05) is 0 Å². The fourth-order valence-corrected chi connectivity index (χ4v) is 4.27. The molecule has 1 rings (SSSR count). The summed E-state index contributed by atoms with van der Waals surface area (Å²) >= 11 is 1.15. The molecule has 0 aliphatic rings. The van der Waals surface area contributed by atoms with Crippen LogP contribution in [-0.4, -0.2) is 30.3 Å². The van der Waals surface area contributed by atoms with E-state index in [1.54, 1.807) is 20.8 Å². The van der Waals surface area contributed by atoms with Crippen molar-refractivity contribution < 1.29 is 8.42 Å². The Morgan fingerprint density at radius 2 is 2.24 bits per heavy atom. The second-order valence-corrected chi connectivity index (χ2v) is 7.17. The minimum Gasteiger partial charge on any atom is -0.249 e. The van der Waals surface area contributed by atoms with Crippen molar-refractivity contribution in [1.82, 2.24) is 9.29 Å². The van der Waals surface area contributed by atoms with Gasteiger partial charge in [0.1, 0.15) is 0 Å². The van der Waals surface area contributed by atoms with Gasteiger partial charge in [-0.3, -0.25) is 0 Å². The quantitative estimate of drug-likeness (QED) is 0.819. The Morgan fingerprint density at radius 1 is 1.59 bits per heavy atom. The summed E-state index contributed by atoms with van der Waals surface area (Å²) in [7, 11) is -3.51. The molecule has 94 valence electrons. The molecule has 0 saturated heterocycles. The Kier molecular flexibility index (Phi) is 4.62. The van der Waals surface area contributed by atoms with Crippen molar-refractivity contribution in [2.45, 2.75) is 37.4 Å². The van der Waals surface area contributed by atoms with E-state index in [0.29, 0.717) is 5.01 Å². The number of sulfonamides is 1. The van der Waals surface area contributed by atoms with E-state index in [2.05, 4.69) is 4.98 Å². The van der Waals surface area contributed by atoms with Crippen LogP contribution in [0.25, 0.3) is 0 Å². The van der Waals surface area contributed by atoms with E-state index in [1.165, 1.54) is 10.5 Å². The molecular formula is C10H15N3O2S2. The summed E-state index contributed by atoms with van der Waals surface area (Å²) < 4.78 is 26.1. The summed E-state index contributed by atoms with van der Waals surface area (Å²) in [6.45, 7) is 5.57. The van der Waals surface area contributed by atoms with Crippen LogP contribution in [0.2, 0.25) is 0 Å². The number of aryl methyl sites for hydroxylation is 1. The molecule has 1 heterocycles. The molecule has 0 aromatic carbocycles. The minimum atomic E-state index is -3.51. The van der Waals surface area contributed by atoms with Gasteiger partial charge in [-0.05, 0) is 20.8 Å². The molecule has 0 atom stereocenters. The van der Waals surface area contributed by atoms with E-state index >= 15 is 0 Å². The first-order chi connectivity index (χ1) is 7.89. The Bertz CT molecular complexity index is 514. The number of nitriles is 1. The first-order valence-corrected chi connectivity index (χ1v) is 7.46. The lowest BCUT2D eigenvalue weighted by atomic mass is 10.3. The zero-order valence-electron chi connectivity index (χ0n) is 10.0.